The lowest BCUT2D eigenvalue weighted by Gasteiger charge is -2.29. The van der Waals surface area contributed by atoms with Crippen LogP contribution in [0.15, 0.2) is 12.1 Å². The monoisotopic (exact) mass is 384 g/mol. The first-order valence-electron chi connectivity index (χ1n) is 8.89. The number of ether oxygens (including phenoxy) is 2. The molecule has 0 unspecified atom stereocenters. The smallest absolute Gasteiger partial charge is 0.220 e. The first-order valence-corrected chi connectivity index (χ1v) is 10.5. The Labute approximate surface area is 155 Å². The first kappa shape index (κ1) is 20.5. The van der Waals surface area contributed by atoms with Gasteiger partial charge in [-0.3, -0.25) is 4.79 Å². The second-order valence-corrected chi connectivity index (χ2v) is 8.42. The first-order chi connectivity index (χ1) is 12.4. The summed E-state index contributed by atoms with van der Waals surface area (Å²) in [5.41, 5.74) is 1.99. The van der Waals surface area contributed by atoms with Gasteiger partial charge in [0.1, 0.15) is 0 Å². The fourth-order valence-electron chi connectivity index (χ4n) is 2.97. The van der Waals surface area contributed by atoms with Crippen LogP contribution in [0, 0.1) is 0 Å². The number of rotatable bonds is 9. The number of carbonyl (C=O) groups excluding carboxylic acids is 1. The zero-order chi connectivity index (χ0) is 19.2. The average molecular weight is 384 g/mol. The molecular weight excluding hydrogens is 356 g/mol. The predicted molar refractivity (Wildman–Crippen MR) is 100.0 cm³/mol. The van der Waals surface area contributed by atoms with E-state index in [0.29, 0.717) is 37.4 Å². The van der Waals surface area contributed by atoms with Crippen molar-refractivity contribution in [1.82, 2.24) is 9.62 Å². The fourth-order valence-corrected chi connectivity index (χ4v) is 4.29. The molecule has 0 atom stereocenters. The van der Waals surface area contributed by atoms with Gasteiger partial charge < -0.3 is 14.8 Å². The Morgan fingerprint density at radius 1 is 1.19 bits per heavy atom. The van der Waals surface area contributed by atoms with E-state index in [1.165, 1.54) is 4.31 Å². The van der Waals surface area contributed by atoms with Crippen LogP contribution in [0.5, 0.6) is 11.5 Å². The maximum atomic E-state index is 12.6. The van der Waals surface area contributed by atoms with E-state index in [1.807, 2.05) is 19.1 Å². The minimum Gasteiger partial charge on any atom is -0.493 e. The summed E-state index contributed by atoms with van der Waals surface area (Å²) in [6.07, 6.45) is 2.81. The number of sulfonamides is 1. The number of fused-ring (bicyclic) bond motifs is 1. The lowest BCUT2D eigenvalue weighted by Crippen LogP contribution is -2.40. The molecule has 26 heavy (non-hydrogen) atoms. The van der Waals surface area contributed by atoms with E-state index in [2.05, 4.69) is 5.32 Å². The standard InChI is InChI=1S/C18H28N2O5S/c1-4-5-6-18(21)19-8-10-26(22,23)20-9-7-14-11-16(24-2)17(25-3)12-15(14)13-20/h11-12H,4-10,13H2,1-3H3,(H,19,21). The molecule has 0 fully saturated rings. The molecule has 0 bridgehead atoms. The van der Waals surface area contributed by atoms with Crippen molar-refractivity contribution in [3.8, 4) is 11.5 Å². The number of hydrogen-bond donors (Lipinski definition) is 1. The Morgan fingerprint density at radius 3 is 2.46 bits per heavy atom. The second kappa shape index (κ2) is 9.23. The number of unbranched alkanes of at least 4 members (excludes halogenated alkanes) is 1. The number of carbonyl (C=O) groups is 1. The van der Waals surface area contributed by atoms with Crippen LogP contribution >= 0.6 is 0 Å². The normalized spacial score (nSPS) is 14.6. The van der Waals surface area contributed by atoms with Crippen LogP contribution in [-0.2, 0) is 27.8 Å². The van der Waals surface area contributed by atoms with Crippen LogP contribution in [0.3, 0.4) is 0 Å². The van der Waals surface area contributed by atoms with Crippen molar-refractivity contribution in [3.63, 3.8) is 0 Å². The molecule has 1 heterocycles. The van der Waals surface area contributed by atoms with E-state index in [-0.39, 0.29) is 18.2 Å². The van der Waals surface area contributed by atoms with Crippen LogP contribution < -0.4 is 14.8 Å². The Hall–Kier alpha value is -1.80. The molecule has 0 aromatic heterocycles. The largest absolute Gasteiger partial charge is 0.493 e. The van der Waals surface area contributed by atoms with Crippen molar-refractivity contribution in [1.29, 1.82) is 0 Å². The van der Waals surface area contributed by atoms with Crippen LogP contribution in [0.2, 0.25) is 0 Å². The topological polar surface area (TPSA) is 84.9 Å². The third-order valence-electron chi connectivity index (χ3n) is 4.52. The highest BCUT2D eigenvalue weighted by atomic mass is 32.2. The summed E-state index contributed by atoms with van der Waals surface area (Å²) in [4.78, 5) is 11.6. The minimum absolute atomic E-state index is 0.0898. The molecule has 8 heteroatoms. The molecule has 1 aliphatic rings. The van der Waals surface area contributed by atoms with E-state index < -0.39 is 10.0 Å². The van der Waals surface area contributed by atoms with Crippen molar-refractivity contribution in [2.24, 2.45) is 0 Å². The van der Waals surface area contributed by atoms with Gasteiger partial charge in [-0.05, 0) is 36.1 Å². The summed E-state index contributed by atoms with van der Waals surface area (Å²) < 4.78 is 37.3. The van der Waals surface area contributed by atoms with Gasteiger partial charge in [0, 0.05) is 26.1 Å². The van der Waals surface area contributed by atoms with Gasteiger partial charge in [0.25, 0.3) is 0 Å². The number of hydrogen-bond acceptors (Lipinski definition) is 5. The summed E-state index contributed by atoms with van der Waals surface area (Å²) in [5.74, 6) is 1.06. The zero-order valence-electron chi connectivity index (χ0n) is 15.7. The van der Waals surface area contributed by atoms with Crippen LogP contribution in [0.25, 0.3) is 0 Å². The van der Waals surface area contributed by atoms with Crippen molar-refractivity contribution in [2.45, 2.75) is 39.2 Å². The molecule has 146 valence electrons. The molecule has 0 aliphatic carbocycles. The number of methoxy groups -OCH3 is 2. The molecule has 1 aromatic carbocycles. The van der Waals surface area contributed by atoms with Crippen LogP contribution in [0.1, 0.15) is 37.3 Å². The highest BCUT2D eigenvalue weighted by molar-refractivity contribution is 7.89. The number of nitrogens with zero attached hydrogens (tertiary/aromatic N) is 1. The van der Waals surface area contributed by atoms with E-state index in [0.717, 1.165) is 24.0 Å². The van der Waals surface area contributed by atoms with E-state index >= 15 is 0 Å². The minimum atomic E-state index is -3.43. The van der Waals surface area contributed by atoms with Gasteiger partial charge in [-0.15, -0.1) is 0 Å². The van der Waals surface area contributed by atoms with Gasteiger partial charge in [0.05, 0.1) is 20.0 Å². The third-order valence-corrected chi connectivity index (χ3v) is 6.33. The van der Waals surface area contributed by atoms with Gasteiger partial charge >= 0.3 is 0 Å². The van der Waals surface area contributed by atoms with Crippen LogP contribution in [0.4, 0.5) is 0 Å². The number of benzene rings is 1. The van der Waals surface area contributed by atoms with Gasteiger partial charge in [0.15, 0.2) is 11.5 Å². The molecule has 1 aromatic rings. The summed E-state index contributed by atoms with van der Waals surface area (Å²) in [6.45, 7) is 2.88. The number of amides is 1. The Balaban J connectivity index is 1.99. The summed E-state index contributed by atoms with van der Waals surface area (Å²) in [7, 11) is -0.291. The van der Waals surface area contributed by atoms with Gasteiger partial charge in [-0.1, -0.05) is 13.3 Å². The fraction of sp³-hybridized carbons (Fsp3) is 0.611. The molecule has 7 nitrogen and oxygen atoms in total. The lowest BCUT2D eigenvalue weighted by atomic mass is 10.0. The van der Waals surface area contributed by atoms with Gasteiger partial charge in [0.2, 0.25) is 15.9 Å². The lowest BCUT2D eigenvalue weighted by molar-refractivity contribution is -0.121. The summed E-state index contributed by atoms with van der Waals surface area (Å²) in [6, 6.07) is 3.74. The van der Waals surface area contributed by atoms with Crippen molar-refractivity contribution >= 4 is 15.9 Å². The van der Waals surface area contributed by atoms with Crippen molar-refractivity contribution < 1.29 is 22.7 Å². The molecule has 1 N–H and O–H groups in total. The molecule has 1 aliphatic heterocycles. The average Bonchev–Trinajstić information content (AvgIpc) is 2.64. The molecule has 1 amide bonds. The van der Waals surface area contributed by atoms with E-state index in [4.69, 9.17) is 9.47 Å². The van der Waals surface area contributed by atoms with Crippen molar-refractivity contribution in [2.75, 3.05) is 33.1 Å². The Bertz CT molecular complexity index is 733. The van der Waals surface area contributed by atoms with Crippen LogP contribution in [-0.4, -0.2) is 51.7 Å². The summed E-state index contributed by atoms with van der Waals surface area (Å²) in [5, 5.41) is 2.68. The SMILES string of the molecule is CCCCC(=O)NCCS(=O)(=O)N1CCc2cc(OC)c(OC)cc2C1. The van der Waals surface area contributed by atoms with Gasteiger partial charge in [-0.25, -0.2) is 8.42 Å². The second-order valence-electron chi connectivity index (χ2n) is 6.33. The molecule has 0 saturated carbocycles. The van der Waals surface area contributed by atoms with Gasteiger partial charge in [-0.2, -0.15) is 4.31 Å². The van der Waals surface area contributed by atoms with E-state index in [9.17, 15) is 13.2 Å². The molecule has 0 saturated heterocycles. The maximum Gasteiger partial charge on any atom is 0.220 e. The van der Waals surface area contributed by atoms with E-state index in [1.54, 1.807) is 14.2 Å². The zero-order valence-corrected chi connectivity index (χ0v) is 16.5. The quantitative estimate of drug-likeness (QED) is 0.700. The maximum absolute atomic E-state index is 12.6. The highest BCUT2D eigenvalue weighted by Crippen LogP contribution is 2.33. The molecule has 0 spiro atoms. The predicted octanol–water partition coefficient (Wildman–Crippen LogP) is 1.70. The van der Waals surface area contributed by atoms with Crippen molar-refractivity contribution in [3.05, 3.63) is 23.3 Å². The molecule has 2 rings (SSSR count). The molecule has 0 radical (unpaired) electrons. The number of nitrogens with one attached hydrogen (secondary N) is 1. The third kappa shape index (κ3) is 5.11. The summed E-state index contributed by atoms with van der Waals surface area (Å²) >= 11 is 0. The Kier molecular flexibility index (Phi) is 7.28. The Morgan fingerprint density at radius 2 is 1.85 bits per heavy atom. The highest BCUT2D eigenvalue weighted by Gasteiger charge is 2.27. The molecular formula is C18H28N2O5S.